The first kappa shape index (κ1) is 19.1. The lowest BCUT2D eigenvalue weighted by Crippen LogP contribution is -2.17. The third kappa shape index (κ3) is 5.68. The minimum absolute atomic E-state index is 0.260. The number of ether oxygens (including phenoxy) is 2. The number of benzene rings is 3. The Bertz CT molecular complexity index is 980. The van der Waals surface area contributed by atoms with Crippen molar-refractivity contribution >= 4 is 5.69 Å². The summed E-state index contributed by atoms with van der Waals surface area (Å²) >= 11 is 0. The van der Waals surface area contributed by atoms with E-state index in [-0.39, 0.29) is 5.75 Å². The third-order valence-electron chi connectivity index (χ3n) is 3.68. The van der Waals surface area contributed by atoms with E-state index in [0.29, 0.717) is 29.2 Å². The van der Waals surface area contributed by atoms with Crippen LogP contribution in [0.2, 0.25) is 0 Å². The van der Waals surface area contributed by atoms with Gasteiger partial charge in [0.25, 0.3) is 0 Å². The summed E-state index contributed by atoms with van der Waals surface area (Å²) in [6, 6.07) is 21.7. The van der Waals surface area contributed by atoms with Gasteiger partial charge in [-0.25, -0.2) is 0 Å². The van der Waals surface area contributed by atoms with E-state index in [4.69, 9.17) is 10.00 Å². The second-order valence-corrected chi connectivity index (χ2v) is 5.81. The Morgan fingerprint density at radius 2 is 1.57 bits per heavy atom. The number of nitrogens with one attached hydrogen (secondary N) is 1. The zero-order chi connectivity index (χ0) is 20.0. The summed E-state index contributed by atoms with van der Waals surface area (Å²) in [7, 11) is 0. The van der Waals surface area contributed by atoms with Crippen LogP contribution in [-0.2, 0) is 6.54 Å². The van der Waals surface area contributed by atoms with Crippen LogP contribution in [0, 0.1) is 11.3 Å². The molecule has 0 spiro atoms. The second kappa shape index (κ2) is 8.35. The molecule has 4 nitrogen and oxygen atoms in total. The van der Waals surface area contributed by atoms with Crippen molar-refractivity contribution in [1.29, 1.82) is 5.26 Å². The molecule has 0 bridgehead atoms. The standard InChI is InChI=1S/C21H15F3N2O2/c22-21(23,24)28-20-6-1-3-16(11-20)14-26-17-4-2-5-19(12-17)27-18-9-7-15(13-25)8-10-18/h1-12,26H,14H2. The molecule has 0 fully saturated rings. The van der Waals surface area contributed by atoms with Crippen molar-refractivity contribution in [2.45, 2.75) is 12.9 Å². The van der Waals surface area contributed by atoms with Gasteiger partial charge < -0.3 is 14.8 Å². The Kier molecular flexibility index (Phi) is 5.70. The van der Waals surface area contributed by atoms with Crippen molar-refractivity contribution in [2.24, 2.45) is 0 Å². The molecule has 0 aromatic heterocycles. The number of nitrogens with zero attached hydrogens (tertiary/aromatic N) is 1. The van der Waals surface area contributed by atoms with Crippen molar-refractivity contribution in [3.05, 3.63) is 83.9 Å². The van der Waals surface area contributed by atoms with Crippen molar-refractivity contribution in [3.63, 3.8) is 0 Å². The summed E-state index contributed by atoms with van der Waals surface area (Å²) in [5, 5.41) is 12.0. The van der Waals surface area contributed by atoms with E-state index in [0.717, 1.165) is 5.69 Å². The number of anilines is 1. The fourth-order valence-corrected chi connectivity index (χ4v) is 2.46. The van der Waals surface area contributed by atoms with Gasteiger partial charge in [0.15, 0.2) is 0 Å². The lowest BCUT2D eigenvalue weighted by molar-refractivity contribution is -0.274. The lowest BCUT2D eigenvalue weighted by atomic mass is 10.2. The number of nitriles is 1. The highest BCUT2D eigenvalue weighted by Gasteiger charge is 2.31. The maximum absolute atomic E-state index is 12.3. The summed E-state index contributed by atoms with van der Waals surface area (Å²) in [5.41, 5.74) is 1.92. The first-order chi connectivity index (χ1) is 13.4. The molecule has 0 amide bonds. The van der Waals surface area contributed by atoms with E-state index in [2.05, 4.69) is 10.1 Å². The van der Waals surface area contributed by atoms with E-state index < -0.39 is 6.36 Å². The maximum atomic E-state index is 12.3. The zero-order valence-corrected chi connectivity index (χ0v) is 14.5. The Morgan fingerprint density at radius 1 is 0.857 bits per heavy atom. The average molecular weight is 384 g/mol. The summed E-state index contributed by atoms with van der Waals surface area (Å²) in [5.74, 6) is 0.918. The minimum Gasteiger partial charge on any atom is -0.457 e. The van der Waals surface area contributed by atoms with Gasteiger partial charge >= 0.3 is 6.36 Å². The summed E-state index contributed by atoms with van der Waals surface area (Å²) in [6.07, 6.45) is -4.72. The fourth-order valence-electron chi connectivity index (χ4n) is 2.46. The molecule has 0 saturated carbocycles. The Balaban J connectivity index is 1.63. The van der Waals surface area contributed by atoms with Crippen molar-refractivity contribution in [2.75, 3.05) is 5.32 Å². The Morgan fingerprint density at radius 3 is 2.29 bits per heavy atom. The smallest absolute Gasteiger partial charge is 0.457 e. The van der Waals surface area contributed by atoms with Crippen LogP contribution < -0.4 is 14.8 Å². The fraction of sp³-hybridized carbons (Fsp3) is 0.0952. The monoisotopic (exact) mass is 384 g/mol. The van der Waals surface area contributed by atoms with Gasteiger partial charge in [-0.2, -0.15) is 5.26 Å². The molecule has 0 unspecified atom stereocenters. The van der Waals surface area contributed by atoms with E-state index in [1.54, 1.807) is 48.5 Å². The SMILES string of the molecule is N#Cc1ccc(Oc2cccc(NCc3cccc(OC(F)(F)F)c3)c2)cc1. The molecule has 7 heteroatoms. The van der Waals surface area contributed by atoms with Crippen LogP contribution in [0.3, 0.4) is 0 Å². The van der Waals surface area contributed by atoms with Crippen LogP contribution in [0.5, 0.6) is 17.2 Å². The van der Waals surface area contributed by atoms with Gasteiger partial charge in [-0.1, -0.05) is 18.2 Å². The molecular weight excluding hydrogens is 369 g/mol. The van der Waals surface area contributed by atoms with Crippen LogP contribution in [0.25, 0.3) is 0 Å². The molecule has 0 atom stereocenters. The zero-order valence-electron chi connectivity index (χ0n) is 14.5. The van der Waals surface area contributed by atoms with E-state index in [9.17, 15) is 13.2 Å². The molecule has 0 saturated heterocycles. The van der Waals surface area contributed by atoms with Crippen LogP contribution in [0.4, 0.5) is 18.9 Å². The molecular formula is C21H15F3N2O2. The highest BCUT2D eigenvalue weighted by Crippen LogP contribution is 2.26. The van der Waals surface area contributed by atoms with Crippen molar-refractivity contribution in [3.8, 4) is 23.3 Å². The highest BCUT2D eigenvalue weighted by molar-refractivity contribution is 5.50. The molecule has 1 N–H and O–H groups in total. The van der Waals surface area contributed by atoms with E-state index in [1.165, 1.54) is 18.2 Å². The van der Waals surface area contributed by atoms with E-state index in [1.807, 2.05) is 12.1 Å². The lowest BCUT2D eigenvalue weighted by Gasteiger charge is -2.12. The molecule has 0 radical (unpaired) electrons. The van der Waals surface area contributed by atoms with Crippen molar-refractivity contribution in [1.82, 2.24) is 0 Å². The Labute approximate surface area is 159 Å². The van der Waals surface area contributed by atoms with Gasteiger partial charge in [-0.15, -0.1) is 13.2 Å². The molecule has 0 aliphatic carbocycles. The number of alkyl halides is 3. The summed E-state index contributed by atoms with van der Waals surface area (Å²) in [6.45, 7) is 0.315. The summed E-state index contributed by atoms with van der Waals surface area (Å²) < 4.78 is 46.6. The first-order valence-corrected chi connectivity index (χ1v) is 8.28. The van der Waals surface area contributed by atoms with Crippen LogP contribution in [0.1, 0.15) is 11.1 Å². The molecule has 3 aromatic rings. The normalized spacial score (nSPS) is 10.8. The molecule has 0 aliphatic rings. The van der Waals surface area contributed by atoms with Gasteiger partial charge in [0.05, 0.1) is 11.6 Å². The molecule has 142 valence electrons. The van der Waals surface area contributed by atoms with Crippen LogP contribution in [-0.4, -0.2) is 6.36 Å². The molecule has 28 heavy (non-hydrogen) atoms. The number of hydrogen-bond acceptors (Lipinski definition) is 4. The predicted molar refractivity (Wildman–Crippen MR) is 98.1 cm³/mol. The molecule has 0 aliphatic heterocycles. The molecule has 0 heterocycles. The van der Waals surface area contributed by atoms with Gasteiger partial charge in [-0.05, 0) is 54.1 Å². The molecule has 3 aromatic carbocycles. The van der Waals surface area contributed by atoms with E-state index >= 15 is 0 Å². The van der Waals surface area contributed by atoms with Crippen LogP contribution in [0.15, 0.2) is 72.8 Å². The topological polar surface area (TPSA) is 54.3 Å². The number of hydrogen-bond donors (Lipinski definition) is 1. The highest BCUT2D eigenvalue weighted by atomic mass is 19.4. The number of rotatable bonds is 6. The largest absolute Gasteiger partial charge is 0.573 e. The first-order valence-electron chi connectivity index (χ1n) is 8.28. The average Bonchev–Trinajstić information content (AvgIpc) is 2.66. The predicted octanol–water partition coefficient (Wildman–Crippen LogP) is 5.86. The van der Waals surface area contributed by atoms with Gasteiger partial charge in [0, 0.05) is 18.3 Å². The van der Waals surface area contributed by atoms with Gasteiger partial charge in [-0.3, -0.25) is 0 Å². The Hall–Kier alpha value is -3.66. The van der Waals surface area contributed by atoms with Gasteiger partial charge in [0.2, 0.25) is 0 Å². The minimum atomic E-state index is -4.72. The van der Waals surface area contributed by atoms with Crippen LogP contribution >= 0.6 is 0 Å². The molecule has 3 rings (SSSR count). The van der Waals surface area contributed by atoms with Gasteiger partial charge in [0.1, 0.15) is 17.2 Å². The summed E-state index contributed by atoms with van der Waals surface area (Å²) in [4.78, 5) is 0. The van der Waals surface area contributed by atoms with Crippen molar-refractivity contribution < 1.29 is 22.6 Å². The quantitative estimate of drug-likeness (QED) is 0.578. The maximum Gasteiger partial charge on any atom is 0.573 e. The second-order valence-electron chi connectivity index (χ2n) is 5.81. The third-order valence-corrected chi connectivity index (χ3v) is 3.68. The number of halogens is 3.